The summed E-state index contributed by atoms with van der Waals surface area (Å²) in [6, 6.07) is 11.6. The zero-order chi connectivity index (χ0) is 19.6. The van der Waals surface area contributed by atoms with E-state index in [1.807, 2.05) is 6.92 Å². The monoisotopic (exact) mass is 365 g/mol. The number of anilines is 1. The Kier molecular flexibility index (Phi) is 5.07. The molecule has 0 saturated heterocycles. The van der Waals surface area contributed by atoms with Crippen molar-refractivity contribution in [2.24, 2.45) is 0 Å². The number of Topliss-reactive ketones (excluding diaryl/α,β-unsaturated/α-hetero) is 1. The summed E-state index contributed by atoms with van der Waals surface area (Å²) in [5.74, 6) is 0.105. The Morgan fingerprint density at radius 3 is 2.44 bits per heavy atom. The van der Waals surface area contributed by atoms with Gasteiger partial charge in [0.25, 0.3) is 5.91 Å². The number of benzene rings is 2. The molecule has 0 spiro atoms. The van der Waals surface area contributed by atoms with E-state index >= 15 is 0 Å². The Labute approximate surface area is 155 Å². The number of hydrogen-bond acceptors (Lipinski definition) is 5. The van der Waals surface area contributed by atoms with E-state index in [0.29, 0.717) is 28.0 Å². The van der Waals surface area contributed by atoms with Gasteiger partial charge in [-0.2, -0.15) is 0 Å². The molecule has 0 unspecified atom stereocenters. The van der Waals surface area contributed by atoms with Gasteiger partial charge in [0.2, 0.25) is 0 Å². The molecule has 0 aliphatic heterocycles. The predicted octanol–water partition coefficient (Wildman–Crippen LogP) is 3.63. The molecule has 2 aromatic carbocycles. The molecule has 0 atom stereocenters. The summed E-state index contributed by atoms with van der Waals surface area (Å²) >= 11 is 0. The van der Waals surface area contributed by atoms with Gasteiger partial charge in [-0.1, -0.05) is 0 Å². The Bertz CT molecular complexity index is 1080. The number of aryl methyl sites for hydroxylation is 2. The number of hydrogen-bond donors (Lipinski definition) is 1. The maximum absolute atomic E-state index is 12.2. The molecule has 0 saturated carbocycles. The number of ether oxygens (including phenoxy) is 1. The fraction of sp³-hybridized carbons (Fsp3) is 0.190. The molecule has 1 N–H and O–H groups in total. The normalized spacial score (nSPS) is 10.6. The third-order valence-electron chi connectivity index (χ3n) is 4.08. The topological polar surface area (TPSA) is 85.6 Å². The minimum atomic E-state index is -0.427. The van der Waals surface area contributed by atoms with Crippen LogP contribution in [0.4, 0.5) is 5.69 Å². The number of fused-ring (bicyclic) bond motifs is 1. The second-order valence-corrected chi connectivity index (χ2v) is 6.36. The smallest absolute Gasteiger partial charge is 0.336 e. The second-order valence-electron chi connectivity index (χ2n) is 6.36. The van der Waals surface area contributed by atoms with Gasteiger partial charge in [0.05, 0.1) is 5.39 Å². The number of carbonyl (C=O) groups excluding carboxylic acids is 2. The highest BCUT2D eigenvalue weighted by molar-refractivity contribution is 5.96. The average molecular weight is 365 g/mol. The Hall–Kier alpha value is -3.41. The van der Waals surface area contributed by atoms with Gasteiger partial charge < -0.3 is 14.5 Å². The molecule has 3 aromatic rings. The highest BCUT2D eigenvalue weighted by atomic mass is 16.5. The summed E-state index contributed by atoms with van der Waals surface area (Å²) in [5.41, 5.74) is 2.72. The van der Waals surface area contributed by atoms with Gasteiger partial charge in [-0.05, 0) is 68.3 Å². The minimum Gasteiger partial charge on any atom is -0.483 e. The standard InChI is InChI=1S/C21H19NO5/c1-12-8-17(21-13(2)10-20(25)27-18(21)9-12)26-11-19(24)22-16-6-4-15(5-7-16)14(3)23/h4-10H,11H2,1-3H3,(H,22,24). The highest BCUT2D eigenvalue weighted by Crippen LogP contribution is 2.29. The van der Waals surface area contributed by atoms with Crippen LogP contribution in [0.2, 0.25) is 0 Å². The average Bonchev–Trinajstić information content (AvgIpc) is 2.59. The molecule has 0 bridgehead atoms. The van der Waals surface area contributed by atoms with Gasteiger partial charge in [-0.3, -0.25) is 9.59 Å². The summed E-state index contributed by atoms with van der Waals surface area (Å²) in [6.07, 6.45) is 0. The molecule has 1 amide bonds. The van der Waals surface area contributed by atoms with Gasteiger partial charge in [-0.15, -0.1) is 0 Å². The first-order valence-corrected chi connectivity index (χ1v) is 8.42. The fourth-order valence-electron chi connectivity index (χ4n) is 2.82. The Morgan fingerprint density at radius 1 is 1.07 bits per heavy atom. The number of amides is 1. The first-order valence-electron chi connectivity index (χ1n) is 8.42. The first kappa shape index (κ1) is 18.4. The second kappa shape index (κ2) is 7.45. The van der Waals surface area contributed by atoms with Crippen LogP contribution < -0.4 is 15.7 Å². The molecular weight excluding hydrogens is 346 g/mol. The van der Waals surface area contributed by atoms with Crippen molar-refractivity contribution in [1.29, 1.82) is 0 Å². The van der Waals surface area contributed by atoms with Crippen LogP contribution in [0.1, 0.15) is 28.4 Å². The lowest BCUT2D eigenvalue weighted by molar-refractivity contribution is -0.118. The molecule has 0 radical (unpaired) electrons. The maximum Gasteiger partial charge on any atom is 0.336 e. The quantitative estimate of drug-likeness (QED) is 0.551. The molecule has 138 valence electrons. The molecule has 3 rings (SSSR count). The lowest BCUT2D eigenvalue weighted by Crippen LogP contribution is -2.20. The van der Waals surface area contributed by atoms with E-state index in [1.54, 1.807) is 43.3 Å². The van der Waals surface area contributed by atoms with Gasteiger partial charge in [0.1, 0.15) is 11.3 Å². The first-order chi connectivity index (χ1) is 12.8. The Morgan fingerprint density at radius 2 is 1.78 bits per heavy atom. The largest absolute Gasteiger partial charge is 0.483 e. The van der Waals surface area contributed by atoms with Crippen molar-refractivity contribution in [3.05, 3.63) is 69.6 Å². The van der Waals surface area contributed by atoms with Gasteiger partial charge in [0, 0.05) is 17.3 Å². The minimum absolute atomic E-state index is 0.0374. The lowest BCUT2D eigenvalue weighted by Gasteiger charge is -2.12. The lowest BCUT2D eigenvalue weighted by atomic mass is 10.1. The van der Waals surface area contributed by atoms with Crippen molar-refractivity contribution in [3.8, 4) is 5.75 Å². The summed E-state index contributed by atoms with van der Waals surface area (Å²) in [7, 11) is 0. The van der Waals surface area contributed by atoms with Crippen LogP contribution in [0.15, 0.2) is 51.7 Å². The molecule has 27 heavy (non-hydrogen) atoms. The van der Waals surface area contributed by atoms with E-state index in [4.69, 9.17) is 9.15 Å². The van der Waals surface area contributed by atoms with E-state index in [0.717, 1.165) is 11.1 Å². The maximum atomic E-state index is 12.2. The Balaban J connectivity index is 1.75. The van der Waals surface area contributed by atoms with Crippen LogP contribution in [0.3, 0.4) is 0 Å². The molecule has 6 heteroatoms. The van der Waals surface area contributed by atoms with Crippen LogP contribution in [0.5, 0.6) is 5.75 Å². The van der Waals surface area contributed by atoms with Gasteiger partial charge in [0.15, 0.2) is 12.4 Å². The molecule has 0 aliphatic carbocycles. The van der Waals surface area contributed by atoms with Crippen molar-refractivity contribution < 1.29 is 18.7 Å². The predicted molar refractivity (Wildman–Crippen MR) is 103 cm³/mol. The van der Waals surface area contributed by atoms with Crippen molar-refractivity contribution in [2.45, 2.75) is 20.8 Å². The van der Waals surface area contributed by atoms with E-state index in [9.17, 15) is 14.4 Å². The van der Waals surface area contributed by atoms with Gasteiger partial charge >= 0.3 is 5.63 Å². The fourth-order valence-corrected chi connectivity index (χ4v) is 2.82. The zero-order valence-electron chi connectivity index (χ0n) is 15.3. The van der Waals surface area contributed by atoms with E-state index in [1.165, 1.54) is 13.0 Å². The SMILES string of the molecule is CC(=O)c1ccc(NC(=O)COc2cc(C)cc3oc(=O)cc(C)c23)cc1. The van der Waals surface area contributed by atoms with Crippen molar-refractivity contribution >= 4 is 28.3 Å². The highest BCUT2D eigenvalue weighted by Gasteiger charge is 2.12. The molecule has 1 heterocycles. The molecule has 6 nitrogen and oxygen atoms in total. The summed E-state index contributed by atoms with van der Waals surface area (Å²) < 4.78 is 10.9. The van der Waals surface area contributed by atoms with Crippen LogP contribution in [-0.2, 0) is 4.79 Å². The zero-order valence-corrected chi connectivity index (χ0v) is 15.3. The number of rotatable bonds is 5. The summed E-state index contributed by atoms with van der Waals surface area (Å²) in [5, 5.41) is 3.38. The van der Waals surface area contributed by atoms with Crippen molar-refractivity contribution in [2.75, 3.05) is 11.9 Å². The third kappa shape index (κ3) is 4.23. The molecule has 0 aliphatic rings. The van der Waals surface area contributed by atoms with E-state index in [2.05, 4.69) is 5.32 Å². The van der Waals surface area contributed by atoms with Crippen molar-refractivity contribution in [3.63, 3.8) is 0 Å². The van der Waals surface area contributed by atoms with Crippen LogP contribution in [-0.4, -0.2) is 18.3 Å². The number of carbonyl (C=O) groups is 2. The van der Waals surface area contributed by atoms with Crippen LogP contribution >= 0.6 is 0 Å². The molecule has 0 fully saturated rings. The van der Waals surface area contributed by atoms with E-state index < -0.39 is 5.63 Å². The van der Waals surface area contributed by atoms with Gasteiger partial charge in [-0.25, -0.2) is 4.79 Å². The number of ketones is 1. The van der Waals surface area contributed by atoms with Crippen LogP contribution in [0, 0.1) is 13.8 Å². The van der Waals surface area contributed by atoms with E-state index in [-0.39, 0.29) is 18.3 Å². The number of nitrogens with one attached hydrogen (secondary N) is 1. The van der Waals surface area contributed by atoms with Crippen molar-refractivity contribution in [1.82, 2.24) is 0 Å². The molecule has 1 aromatic heterocycles. The molecular formula is C21H19NO5. The summed E-state index contributed by atoms with van der Waals surface area (Å²) in [4.78, 5) is 35.0. The van der Waals surface area contributed by atoms with Crippen LogP contribution in [0.25, 0.3) is 11.0 Å². The summed E-state index contributed by atoms with van der Waals surface area (Å²) in [6.45, 7) is 4.92. The third-order valence-corrected chi connectivity index (χ3v) is 4.08.